The predicted octanol–water partition coefficient (Wildman–Crippen LogP) is 0.866. The highest BCUT2D eigenvalue weighted by Gasteiger charge is 2.25. The maximum absolute atomic E-state index is 12.2. The van der Waals surface area contributed by atoms with E-state index in [4.69, 9.17) is 0 Å². The number of sulfonamides is 1. The molecule has 122 valence electrons. The standard InChI is InChI=1S/C14H22N4O3S/c1-11(12-4-3-7-15-10-12)16-14(19)18-8-5-13(6-9-18)17-22(2,20)21/h3-4,7,10-11,13,17H,5-6,8-9H2,1-2H3,(H,16,19). The number of likely N-dealkylation sites (tertiary alicyclic amines) is 1. The van der Waals surface area contributed by atoms with Crippen molar-refractivity contribution in [2.24, 2.45) is 0 Å². The zero-order valence-electron chi connectivity index (χ0n) is 12.8. The second-order valence-electron chi connectivity index (χ2n) is 5.61. The Morgan fingerprint density at radius 3 is 2.64 bits per heavy atom. The van der Waals surface area contributed by atoms with E-state index in [9.17, 15) is 13.2 Å². The van der Waals surface area contributed by atoms with Crippen molar-refractivity contribution >= 4 is 16.1 Å². The predicted molar refractivity (Wildman–Crippen MR) is 83.8 cm³/mol. The summed E-state index contributed by atoms with van der Waals surface area (Å²) < 4.78 is 25.0. The molecule has 1 fully saturated rings. The minimum atomic E-state index is -3.19. The van der Waals surface area contributed by atoms with E-state index in [1.807, 2.05) is 19.1 Å². The number of nitrogens with one attached hydrogen (secondary N) is 2. The lowest BCUT2D eigenvalue weighted by molar-refractivity contribution is 0.177. The summed E-state index contributed by atoms with van der Waals surface area (Å²) in [6.45, 7) is 2.99. The summed E-state index contributed by atoms with van der Waals surface area (Å²) >= 11 is 0. The molecule has 2 N–H and O–H groups in total. The number of hydrogen-bond donors (Lipinski definition) is 2. The Morgan fingerprint density at radius 2 is 2.09 bits per heavy atom. The van der Waals surface area contributed by atoms with Crippen LogP contribution in [-0.2, 0) is 10.0 Å². The van der Waals surface area contributed by atoms with Crippen molar-refractivity contribution < 1.29 is 13.2 Å². The molecule has 8 heteroatoms. The van der Waals surface area contributed by atoms with Gasteiger partial charge in [-0.25, -0.2) is 17.9 Å². The Labute approximate surface area is 131 Å². The van der Waals surface area contributed by atoms with Gasteiger partial charge in [-0.15, -0.1) is 0 Å². The number of carbonyl (C=O) groups is 1. The third-order valence-electron chi connectivity index (χ3n) is 3.69. The fraction of sp³-hybridized carbons (Fsp3) is 0.571. The minimum Gasteiger partial charge on any atom is -0.331 e. The smallest absolute Gasteiger partial charge is 0.317 e. The number of nitrogens with zero attached hydrogens (tertiary/aromatic N) is 2. The molecule has 1 aromatic rings. The SMILES string of the molecule is CC(NC(=O)N1CCC(NS(C)(=O)=O)CC1)c1cccnc1. The Hall–Kier alpha value is -1.67. The van der Waals surface area contributed by atoms with Gasteiger partial charge in [0.15, 0.2) is 0 Å². The molecule has 7 nitrogen and oxygen atoms in total. The highest BCUT2D eigenvalue weighted by atomic mass is 32.2. The van der Waals surface area contributed by atoms with E-state index in [1.54, 1.807) is 17.3 Å². The van der Waals surface area contributed by atoms with Crippen LogP contribution < -0.4 is 10.0 Å². The summed E-state index contributed by atoms with van der Waals surface area (Å²) in [4.78, 5) is 18.0. The summed E-state index contributed by atoms with van der Waals surface area (Å²) in [6.07, 6.45) is 5.83. The fourth-order valence-electron chi connectivity index (χ4n) is 2.50. The van der Waals surface area contributed by atoms with Gasteiger partial charge in [0.05, 0.1) is 12.3 Å². The van der Waals surface area contributed by atoms with Crippen LogP contribution >= 0.6 is 0 Å². The summed E-state index contributed by atoms with van der Waals surface area (Å²) in [7, 11) is -3.19. The molecule has 1 aliphatic rings. The van der Waals surface area contributed by atoms with Crippen LogP contribution in [0, 0.1) is 0 Å². The Kier molecular flexibility index (Phi) is 5.36. The third kappa shape index (κ3) is 4.96. The normalized spacial score (nSPS) is 18.0. The second kappa shape index (κ2) is 7.06. The van der Waals surface area contributed by atoms with E-state index < -0.39 is 10.0 Å². The molecule has 1 saturated heterocycles. The molecule has 0 saturated carbocycles. The van der Waals surface area contributed by atoms with Gasteiger partial charge in [0.25, 0.3) is 0 Å². The van der Waals surface area contributed by atoms with Crippen LogP contribution in [0.25, 0.3) is 0 Å². The maximum Gasteiger partial charge on any atom is 0.317 e. The van der Waals surface area contributed by atoms with Crippen molar-refractivity contribution in [1.82, 2.24) is 19.9 Å². The van der Waals surface area contributed by atoms with Crippen molar-refractivity contribution in [1.29, 1.82) is 0 Å². The molecule has 2 rings (SSSR count). The summed E-state index contributed by atoms with van der Waals surface area (Å²) in [5, 5.41) is 2.94. The minimum absolute atomic E-state index is 0.0882. The van der Waals surface area contributed by atoms with Crippen LogP contribution in [0.1, 0.15) is 31.4 Å². The zero-order valence-corrected chi connectivity index (χ0v) is 13.6. The van der Waals surface area contributed by atoms with Gasteiger partial charge in [-0.3, -0.25) is 4.98 Å². The molecule has 2 heterocycles. The van der Waals surface area contributed by atoms with Crippen molar-refractivity contribution in [3.05, 3.63) is 30.1 Å². The Morgan fingerprint density at radius 1 is 1.41 bits per heavy atom. The van der Waals surface area contributed by atoms with E-state index in [1.165, 1.54) is 0 Å². The van der Waals surface area contributed by atoms with Gasteiger partial charge in [-0.1, -0.05) is 6.07 Å². The van der Waals surface area contributed by atoms with Crippen LogP contribution in [0.5, 0.6) is 0 Å². The van der Waals surface area contributed by atoms with E-state index in [2.05, 4.69) is 15.0 Å². The molecule has 2 amide bonds. The Bertz CT molecular complexity index is 598. The van der Waals surface area contributed by atoms with Gasteiger partial charge in [-0.05, 0) is 31.4 Å². The van der Waals surface area contributed by atoms with E-state index >= 15 is 0 Å². The van der Waals surface area contributed by atoms with Crippen LogP contribution in [-0.4, -0.2) is 49.7 Å². The molecular formula is C14H22N4O3S. The molecular weight excluding hydrogens is 304 g/mol. The third-order valence-corrected chi connectivity index (χ3v) is 4.45. The first-order valence-electron chi connectivity index (χ1n) is 7.28. The number of amides is 2. The fourth-order valence-corrected chi connectivity index (χ4v) is 3.34. The maximum atomic E-state index is 12.2. The molecule has 0 bridgehead atoms. The Balaban J connectivity index is 1.83. The number of piperidine rings is 1. The molecule has 0 spiro atoms. The van der Waals surface area contributed by atoms with Gasteiger partial charge in [0.2, 0.25) is 10.0 Å². The lowest BCUT2D eigenvalue weighted by atomic mass is 10.1. The first-order chi connectivity index (χ1) is 10.3. The lowest BCUT2D eigenvalue weighted by Gasteiger charge is -2.32. The first kappa shape index (κ1) is 16.7. The van der Waals surface area contributed by atoms with E-state index in [0.29, 0.717) is 25.9 Å². The molecule has 1 aromatic heterocycles. The molecule has 1 unspecified atom stereocenters. The highest BCUT2D eigenvalue weighted by Crippen LogP contribution is 2.14. The second-order valence-corrected chi connectivity index (χ2v) is 7.39. The van der Waals surface area contributed by atoms with Crippen molar-refractivity contribution in [3.8, 4) is 0 Å². The first-order valence-corrected chi connectivity index (χ1v) is 9.17. The summed E-state index contributed by atoms with van der Waals surface area (Å²) in [6, 6.07) is 3.41. The molecule has 0 aliphatic carbocycles. The highest BCUT2D eigenvalue weighted by molar-refractivity contribution is 7.88. The van der Waals surface area contributed by atoms with Crippen molar-refractivity contribution in [3.63, 3.8) is 0 Å². The number of aromatic nitrogens is 1. The van der Waals surface area contributed by atoms with Crippen LogP contribution in [0.4, 0.5) is 4.79 Å². The number of rotatable bonds is 4. The topological polar surface area (TPSA) is 91.4 Å². The summed E-state index contributed by atoms with van der Waals surface area (Å²) in [5.74, 6) is 0. The molecule has 0 aromatic carbocycles. The number of carbonyl (C=O) groups excluding carboxylic acids is 1. The van der Waals surface area contributed by atoms with Gasteiger partial charge >= 0.3 is 6.03 Å². The van der Waals surface area contributed by atoms with Crippen molar-refractivity contribution in [2.75, 3.05) is 19.3 Å². The van der Waals surface area contributed by atoms with Crippen LogP contribution in [0.15, 0.2) is 24.5 Å². The van der Waals surface area contributed by atoms with Crippen LogP contribution in [0.3, 0.4) is 0 Å². The largest absolute Gasteiger partial charge is 0.331 e. The van der Waals surface area contributed by atoms with Crippen LogP contribution in [0.2, 0.25) is 0 Å². The average molecular weight is 326 g/mol. The number of pyridine rings is 1. The molecule has 22 heavy (non-hydrogen) atoms. The van der Waals surface area contributed by atoms with Gasteiger partial charge in [-0.2, -0.15) is 0 Å². The summed E-state index contributed by atoms with van der Waals surface area (Å²) in [5.41, 5.74) is 0.949. The van der Waals surface area contributed by atoms with Crippen molar-refractivity contribution in [2.45, 2.75) is 31.8 Å². The van der Waals surface area contributed by atoms with E-state index in [0.717, 1.165) is 11.8 Å². The molecule has 1 atom stereocenters. The zero-order chi connectivity index (χ0) is 16.2. The number of hydrogen-bond acceptors (Lipinski definition) is 4. The number of urea groups is 1. The lowest BCUT2D eigenvalue weighted by Crippen LogP contribution is -2.49. The quantitative estimate of drug-likeness (QED) is 0.859. The van der Waals surface area contributed by atoms with E-state index in [-0.39, 0.29) is 18.1 Å². The monoisotopic (exact) mass is 326 g/mol. The average Bonchev–Trinajstić information content (AvgIpc) is 2.47. The van der Waals surface area contributed by atoms with Gasteiger partial charge in [0, 0.05) is 31.5 Å². The van der Waals surface area contributed by atoms with Gasteiger partial charge < -0.3 is 10.2 Å². The molecule has 1 aliphatic heterocycles. The van der Waals surface area contributed by atoms with Gasteiger partial charge in [0.1, 0.15) is 0 Å². The molecule has 0 radical (unpaired) electrons.